The van der Waals surface area contributed by atoms with Crippen molar-refractivity contribution < 1.29 is 14.7 Å². The molecule has 1 aliphatic rings. The second-order valence-electron chi connectivity index (χ2n) is 8.63. The average Bonchev–Trinajstić information content (AvgIpc) is 3.14. The fourth-order valence-electron chi connectivity index (χ4n) is 4.63. The van der Waals surface area contributed by atoms with E-state index in [-0.39, 0.29) is 24.3 Å². The Morgan fingerprint density at radius 2 is 1.60 bits per heavy atom. The molecule has 180 valence electrons. The first-order valence-electron chi connectivity index (χ1n) is 12.1. The first-order chi connectivity index (χ1) is 17.0. The summed E-state index contributed by atoms with van der Waals surface area (Å²) in [6.07, 6.45) is 4.10. The van der Waals surface area contributed by atoms with Gasteiger partial charge < -0.3 is 14.9 Å². The van der Waals surface area contributed by atoms with E-state index >= 15 is 0 Å². The number of carbonyl (C=O) groups excluding carboxylic acids is 2. The standard InChI is InChI=1S/C29H31N3O3/c1-3-31(4-2)24-13-11-23(12-14-24)27-26(25(33)15-10-21-8-6-5-7-9-21)28(34)29(35)32(27)20-22-16-18-30-19-17-22/h5-9,11-14,16-19,27,34H,3-4,10,15,20H2,1-2H3. The lowest BCUT2D eigenvalue weighted by atomic mass is 9.93. The van der Waals surface area contributed by atoms with Gasteiger partial charge in [0.05, 0.1) is 11.6 Å². The molecule has 0 bridgehead atoms. The van der Waals surface area contributed by atoms with Crippen LogP contribution in [-0.2, 0) is 22.6 Å². The number of Topliss-reactive ketones (excluding diaryl/α,β-unsaturated/α-hetero) is 1. The number of benzene rings is 2. The van der Waals surface area contributed by atoms with Crippen molar-refractivity contribution in [2.24, 2.45) is 0 Å². The number of hydrogen-bond acceptors (Lipinski definition) is 5. The maximum Gasteiger partial charge on any atom is 0.290 e. The summed E-state index contributed by atoms with van der Waals surface area (Å²) in [6.45, 7) is 6.25. The molecule has 1 aromatic heterocycles. The topological polar surface area (TPSA) is 73.7 Å². The van der Waals surface area contributed by atoms with Gasteiger partial charge in [0.1, 0.15) is 0 Å². The van der Waals surface area contributed by atoms with Gasteiger partial charge in [-0.1, -0.05) is 42.5 Å². The summed E-state index contributed by atoms with van der Waals surface area (Å²) in [5.74, 6) is -1.19. The van der Waals surface area contributed by atoms with Gasteiger partial charge in [0.2, 0.25) is 0 Å². The summed E-state index contributed by atoms with van der Waals surface area (Å²) in [4.78, 5) is 34.5. The highest BCUT2D eigenvalue weighted by molar-refractivity contribution is 6.09. The highest BCUT2D eigenvalue weighted by Crippen LogP contribution is 2.40. The lowest BCUT2D eigenvalue weighted by Crippen LogP contribution is -2.30. The molecule has 2 aromatic carbocycles. The van der Waals surface area contributed by atoms with Crippen molar-refractivity contribution in [3.8, 4) is 0 Å². The lowest BCUT2D eigenvalue weighted by molar-refractivity contribution is -0.130. The largest absolute Gasteiger partial charge is 0.503 e. The minimum atomic E-state index is -0.648. The summed E-state index contributed by atoms with van der Waals surface area (Å²) in [6, 6.07) is 20.7. The predicted molar refractivity (Wildman–Crippen MR) is 137 cm³/mol. The van der Waals surface area contributed by atoms with Gasteiger partial charge in [-0.25, -0.2) is 0 Å². The quantitative estimate of drug-likeness (QED) is 0.451. The van der Waals surface area contributed by atoms with E-state index in [1.807, 2.05) is 66.7 Å². The Hall–Kier alpha value is -3.93. The zero-order valence-electron chi connectivity index (χ0n) is 20.2. The normalized spacial score (nSPS) is 15.5. The van der Waals surface area contributed by atoms with Gasteiger partial charge in [0.15, 0.2) is 11.5 Å². The number of rotatable bonds is 10. The second kappa shape index (κ2) is 11.0. The molecule has 3 aromatic rings. The van der Waals surface area contributed by atoms with E-state index < -0.39 is 17.7 Å². The molecule has 0 radical (unpaired) electrons. The van der Waals surface area contributed by atoms with Gasteiger partial charge in [0, 0.05) is 44.1 Å². The van der Waals surface area contributed by atoms with E-state index in [1.165, 1.54) is 0 Å². The van der Waals surface area contributed by atoms with Crippen molar-refractivity contribution in [2.75, 3.05) is 18.0 Å². The van der Waals surface area contributed by atoms with E-state index in [0.29, 0.717) is 6.42 Å². The Labute approximate surface area is 206 Å². The van der Waals surface area contributed by atoms with Gasteiger partial charge in [-0.2, -0.15) is 0 Å². The summed E-state index contributed by atoms with van der Waals surface area (Å²) >= 11 is 0. The zero-order chi connectivity index (χ0) is 24.8. The first kappa shape index (κ1) is 24.2. The first-order valence-corrected chi connectivity index (χ1v) is 12.1. The molecule has 4 rings (SSSR count). The SMILES string of the molecule is CCN(CC)c1ccc(C2C(C(=O)CCc3ccccc3)=C(O)C(=O)N2Cc2ccncc2)cc1. The van der Waals surface area contributed by atoms with Crippen LogP contribution in [0.4, 0.5) is 5.69 Å². The molecule has 0 aliphatic carbocycles. The number of aliphatic hydroxyl groups is 1. The van der Waals surface area contributed by atoms with E-state index in [0.717, 1.165) is 35.5 Å². The Morgan fingerprint density at radius 1 is 0.943 bits per heavy atom. The van der Waals surface area contributed by atoms with Gasteiger partial charge >= 0.3 is 0 Å². The Morgan fingerprint density at radius 3 is 2.23 bits per heavy atom. The second-order valence-corrected chi connectivity index (χ2v) is 8.63. The number of pyridine rings is 1. The molecule has 1 amide bonds. The van der Waals surface area contributed by atoms with Crippen LogP contribution in [0.3, 0.4) is 0 Å². The Kier molecular flexibility index (Phi) is 7.60. The number of aromatic nitrogens is 1. The number of ketones is 1. The maximum absolute atomic E-state index is 13.4. The third-order valence-corrected chi connectivity index (χ3v) is 6.53. The van der Waals surface area contributed by atoms with Gasteiger partial charge in [-0.15, -0.1) is 0 Å². The van der Waals surface area contributed by atoms with Crippen molar-refractivity contribution in [2.45, 2.75) is 39.3 Å². The summed E-state index contributed by atoms with van der Waals surface area (Å²) in [5, 5.41) is 10.9. The van der Waals surface area contributed by atoms with Gasteiger partial charge in [0.25, 0.3) is 5.91 Å². The molecule has 6 nitrogen and oxygen atoms in total. The van der Waals surface area contributed by atoms with E-state index in [4.69, 9.17) is 0 Å². The van der Waals surface area contributed by atoms with Gasteiger partial charge in [-0.05, 0) is 61.2 Å². The van der Waals surface area contributed by atoms with Crippen LogP contribution in [0, 0.1) is 0 Å². The van der Waals surface area contributed by atoms with Crippen LogP contribution < -0.4 is 4.90 Å². The van der Waals surface area contributed by atoms with E-state index in [2.05, 4.69) is 23.7 Å². The number of aliphatic hydroxyl groups excluding tert-OH is 1. The molecule has 1 aliphatic heterocycles. The van der Waals surface area contributed by atoms with E-state index in [9.17, 15) is 14.7 Å². The van der Waals surface area contributed by atoms with Crippen LogP contribution in [0.15, 0.2) is 90.5 Å². The summed E-state index contributed by atoms with van der Waals surface area (Å²) < 4.78 is 0. The van der Waals surface area contributed by atoms with Crippen LogP contribution in [0.2, 0.25) is 0 Å². The molecule has 0 fully saturated rings. The summed E-state index contributed by atoms with van der Waals surface area (Å²) in [7, 11) is 0. The van der Waals surface area contributed by atoms with Crippen LogP contribution in [0.25, 0.3) is 0 Å². The Balaban J connectivity index is 1.67. The van der Waals surface area contributed by atoms with Crippen LogP contribution in [-0.4, -0.2) is 39.8 Å². The molecule has 35 heavy (non-hydrogen) atoms. The smallest absolute Gasteiger partial charge is 0.290 e. The minimum absolute atomic E-state index is 0.176. The minimum Gasteiger partial charge on any atom is -0.503 e. The molecule has 1 unspecified atom stereocenters. The fraction of sp³-hybridized carbons (Fsp3) is 0.276. The van der Waals surface area contributed by atoms with Crippen molar-refractivity contribution in [3.63, 3.8) is 0 Å². The molecule has 0 saturated carbocycles. The number of anilines is 1. The zero-order valence-corrected chi connectivity index (χ0v) is 20.2. The molecule has 2 heterocycles. The third kappa shape index (κ3) is 5.27. The van der Waals surface area contributed by atoms with Crippen molar-refractivity contribution in [1.82, 2.24) is 9.88 Å². The fourth-order valence-corrected chi connectivity index (χ4v) is 4.63. The van der Waals surface area contributed by atoms with E-state index in [1.54, 1.807) is 17.3 Å². The van der Waals surface area contributed by atoms with Crippen LogP contribution >= 0.6 is 0 Å². The van der Waals surface area contributed by atoms with Crippen LogP contribution in [0.1, 0.15) is 43.0 Å². The Bertz CT molecular complexity index is 1190. The third-order valence-electron chi connectivity index (χ3n) is 6.53. The molecular weight excluding hydrogens is 438 g/mol. The highest BCUT2D eigenvalue weighted by atomic mass is 16.3. The molecular formula is C29H31N3O3. The number of amides is 1. The van der Waals surface area contributed by atoms with Crippen molar-refractivity contribution in [3.05, 3.63) is 107 Å². The van der Waals surface area contributed by atoms with Crippen molar-refractivity contribution >= 4 is 17.4 Å². The number of nitrogens with zero attached hydrogens (tertiary/aromatic N) is 3. The molecule has 1 atom stereocenters. The average molecular weight is 470 g/mol. The molecule has 6 heteroatoms. The van der Waals surface area contributed by atoms with Crippen LogP contribution in [0.5, 0.6) is 0 Å². The molecule has 0 saturated heterocycles. The highest BCUT2D eigenvalue weighted by Gasteiger charge is 2.43. The summed E-state index contributed by atoms with van der Waals surface area (Å²) in [5.41, 5.74) is 3.97. The lowest BCUT2D eigenvalue weighted by Gasteiger charge is -2.28. The van der Waals surface area contributed by atoms with Crippen molar-refractivity contribution in [1.29, 1.82) is 0 Å². The number of carbonyl (C=O) groups is 2. The molecule has 1 N–H and O–H groups in total. The maximum atomic E-state index is 13.4. The number of hydrogen-bond donors (Lipinski definition) is 1. The predicted octanol–water partition coefficient (Wildman–Crippen LogP) is 5.03. The molecule has 0 spiro atoms. The van der Waals surface area contributed by atoms with Gasteiger partial charge in [-0.3, -0.25) is 14.6 Å². The number of aryl methyl sites for hydroxylation is 1. The monoisotopic (exact) mass is 469 g/mol.